The molecule has 6 heteroatoms. The van der Waals surface area contributed by atoms with Crippen molar-refractivity contribution in [1.29, 1.82) is 5.26 Å². The van der Waals surface area contributed by atoms with Crippen LogP contribution < -0.4 is 0 Å². The van der Waals surface area contributed by atoms with Crippen molar-refractivity contribution in [3.05, 3.63) is 31.0 Å². The predicted molar refractivity (Wildman–Crippen MR) is 86.3 cm³/mol. The summed E-state index contributed by atoms with van der Waals surface area (Å²) in [4.78, 5) is 11.3. The van der Waals surface area contributed by atoms with E-state index in [1.165, 1.54) is 18.7 Å². The highest BCUT2D eigenvalue weighted by atomic mass is 15.3. The van der Waals surface area contributed by atoms with E-state index in [2.05, 4.69) is 20.1 Å². The second-order valence-corrected chi connectivity index (χ2v) is 4.96. The molecule has 3 aromatic heterocycles. The molecule has 0 aromatic carbocycles. The van der Waals surface area contributed by atoms with E-state index in [0.717, 1.165) is 4.68 Å². The van der Waals surface area contributed by atoms with Crippen LogP contribution in [0.15, 0.2) is 31.0 Å². The van der Waals surface area contributed by atoms with Crippen LogP contribution in [0, 0.1) is 17.2 Å². The summed E-state index contributed by atoms with van der Waals surface area (Å²) in [6, 6.07) is 1.88. The molecule has 1 aliphatic carbocycles. The Bertz CT molecular complexity index is 1200. The summed E-state index contributed by atoms with van der Waals surface area (Å²) in [7, 11) is 0. The third-order valence-electron chi connectivity index (χ3n) is 3.62. The first-order valence-electron chi connectivity index (χ1n) is 11.5. The minimum atomic E-state index is -3.35. The van der Waals surface area contributed by atoms with Crippen molar-refractivity contribution in [2.24, 2.45) is 5.89 Å². The molecule has 1 atom stereocenters. The smallest absolute Gasteiger partial charge is 0.141 e. The Morgan fingerprint density at radius 2 is 2.35 bits per heavy atom. The lowest BCUT2D eigenvalue weighted by atomic mass is 9.96. The average Bonchev–Trinajstić information content (AvgIpc) is 3.40. The van der Waals surface area contributed by atoms with Gasteiger partial charge in [0.05, 0.1) is 30.4 Å². The summed E-state index contributed by atoms with van der Waals surface area (Å²) >= 11 is 0. The molecule has 0 bridgehead atoms. The minimum absolute atomic E-state index is 0.425. The lowest BCUT2D eigenvalue weighted by Gasteiger charge is -2.21. The van der Waals surface area contributed by atoms with Gasteiger partial charge in [0.15, 0.2) is 0 Å². The second-order valence-electron chi connectivity index (χ2n) is 4.96. The third kappa shape index (κ3) is 2.48. The average molecular weight is 315 g/mol. The van der Waals surface area contributed by atoms with Gasteiger partial charge in [0.1, 0.15) is 12.0 Å². The molecule has 0 saturated heterocycles. The summed E-state index contributed by atoms with van der Waals surface area (Å²) in [6.07, 6.45) is -8.20. The predicted octanol–water partition coefficient (Wildman–Crippen LogP) is 3.47. The Morgan fingerprint density at radius 3 is 3.17 bits per heavy atom. The molecular formula is C17H18N6. The maximum Gasteiger partial charge on any atom is 0.141 e. The van der Waals surface area contributed by atoms with E-state index in [0.29, 0.717) is 22.3 Å². The van der Waals surface area contributed by atoms with Gasteiger partial charge in [0.2, 0.25) is 0 Å². The second kappa shape index (κ2) is 5.84. The van der Waals surface area contributed by atoms with E-state index in [-0.39, 0.29) is 0 Å². The van der Waals surface area contributed by atoms with Gasteiger partial charge in [0.25, 0.3) is 0 Å². The minimum Gasteiger partial charge on any atom is -0.346 e. The maximum absolute atomic E-state index is 9.38. The van der Waals surface area contributed by atoms with Gasteiger partial charge in [-0.15, -0.1) is 0 Å². The van der Waals surface area contributed by atoms with E-state index < -0.39 is 43.8 Å². The molecule has 1 fully saturated rings. The first-order chi connectivity index (χ1) is 14.8. The summed E-state index contributed by atoms with van der Waals surface area (Å²) in [6.45, 7) is 0. The SMILES string of the molecule is [2H]C1([2H])C([2H])([2H])C([2H])([2H])C([2H])(C(CC#N)n2cc(-c3ncnc4[nH]ccc34)cn2)C1([2H])[2H]. The molecule has 23 heavy (non-hydrogen) atoms. The van der Waals surface area contributed by atoms with Crippen LogP contribution in [0.5, 0.6) is 0 Å². The number of H-pyrrole nitrogens is 1. The van der Waals surface area contributed by atoms with Crippen molar-refractivity contribution >= 4 is 11.0 Å². The van der Waals surface area contributed by atoms with Gasteiger partial charge in [-0.2, -0.15) is 10.4 Å². The molecule has 0 radical (unpaired) electrons. The topological polar surface area (TPSA) is 83.2 Å². The fourth-order valence-corrected chi connectivity index (χ4v) is 2.54. The number of aromatic amines is 1. The Kier molecular flexibility index (Phi) is 1.84. The van der Waals surface area contributed by atoms with Gasteiger partial charge < -0.3 is 4.98 Å². The van der Waals surface area contributed by atoms with Crippen LogP contribution in [-0.2, 0) is 0 Å². The highest BCUT2D eigenvalue weighted by molar-refractivity contribution is 5.89. The zero-order valence-corrected chi connectivity index (χ0v) is 11.9. The highest BCUT2D eigenvalue weighted by Gasteiger charge is 2.27. The molecule has 1 N–H and O–H groups in total. The number of fused-ring (bicyclic) bond motifs is 1. The number of hydrogen-bond acceptors (Lipinski definition) is 4. The summed E-state index contributed by atoms with van der Waals surface area (Å²) < 4.78 is 75.3. The Morgan fingerprint density at radius 1 is 1.48 bits per heavy atom. The molecular weight excluding hydrogens is 288 g/mol. The van der Waals surface area contributed by atoms with Crippen molar-refractivity contribution in [3.8, 4) is 17.3 Å². The Labute approximate surface area is 146 Å². The van der Waals surface area contributed by atoms with Gasteiger partial charge in [-0.1, -0.05) is 12.7 Å². The summed E-state index contributed by atoms with van der Waals surface area (Å²) in [5, 5.41) is 14.2. The van der Waals surface area contributed by atoms with Gasteiger partial charge in [-0.05, 0) is 24.7 Å². The van der Waals surface area contributed by atoms with E-state index in [4.69, 9.17) is 12.3 Å². The van der Waals surface area contributed by atoms with Gasteiger partial charge in [0, 0.05) is 35.7 Å². The molecule has 0 amide bonds. The number of nitrogens with one attached hydrogen (secondary N) is 1. The molecule has 4 rings (SSSR count). The zero-order chi connectivity index (χ0) is 23.7. The lowest BCUT2D eigenvalue weighted by molar-refractivity contribution is 0.315. The van der Waals surface area contributed by atoms with Crippen molar-refractivity contribution in [1.82, 2.24) is 24.7 Å². The Hall–Kier alpha value is -2.68. The molecule has 1 unspecified atom stereocenters. The summed E-state index contributed by atoms with van der Waals surface area (Å²) in [5.41, 5.74) is 1.44. The van der Waals surface area contributed by atoms with Crippen LogP contribution in [0.1, 0.15) is 50.3 Å². The van der Waals surface area contributed by atoms with E-state index in [1.807, 2.05) is 0 Å². The van der Waals surface area contributed by atoms with Crippen LogP contribution in [0.25, 0.3) is 22.3 Å². The molecule has 0 aliphatic heterocycles. The highest BCUT2D eigenvalue weighted by Crippen LogP contribution is 2.36. The van der Waals surface area contributed by atoms with E-state index in [9.17, 15) is 5.26 Å². The Balaban J connectivity index is 1.89. The van der Waals surface area contributed by atoms with Crippen molar-refractivity contribution < 1.29 is 12.3 Å². The first kappa shape index (κ1) is 7.26. The molecule has 3 heterocycles. The number of aromatic nitrogens is 5. The number of nitrogens with zero attached hydrogens (tertiary/aromatic N) is 5. The molecule has 116 valence electrons. The molecule has 3 aromatic rings. The monoisotopic (exact) mass is 315 g/mol. The van der Waals surface area contributed by atoms with Crippen LogP contribution in [0.4, 0.5) is 0 Å². The zero-order valence-electron chi connectivity index (χ0n) is 20.9. The quantitative estimate of drug-likeness (QED) is 0.799. The summed E-state index contributed by atoms with van der Waals surface area (Å²) in [5.74, 6) is -3.03. The maximum atomic E-state index is 9.38. The standard InChI is InChI=1S/C17H18N6/c18-7-5-15(12-3-1-2-4-12)23-10-13(9-22-23)16-14-6-8-19-17(14)21-11-20-16/h6,8-12,15H,1-5H2,(H,19,20,21)/i1D2,2D2,3D2,4D2,12D. The third-order valence-corrected chi connectivity index (χ3v) is 3.62. The molecule has 1 aliphatic rings. The fourth-order valence-electron chi connectivity index (χ4n) is 2.54. The van der Waals surface area contributed by atoms with Crippen molar-refractivity contribution in [2.45, 2.75) is 38.0 Å². The van der Waals surface area contributed by atoms with Gasteiger partial charge in [-0.3, -0.25) is 4.68 Å². The van der Waals surface area contributed by atoms with E-state index in [1.54, 1.807) is 18.3 Å². The normalized spacial score (nSPS) is 32.6. The lowest BCUT2D eigenvalue weighted by Crippen LogP contribution is -2.17. The molecule has 0 spiro atoms. The fraction of sp³-hybridized carbons (Fsp3) is 0.412. The van der Waals surface area contributed by atoms with Crippen LogP contribution >= 0.6 is 0 Å². The van der Waals surface area contributed by atoms with Gasteiger partial charge in [-0.25, -0.2) is 9.97 Å². The van der Waals surface area contributed by atoms with Crippen LogP contribution in [0.2, 0.25) is 0 Å². The number of hydrogen-bond donors (Lipinski definition) is 1. The van der Waals surface area contributed by atoms with Gasteiger partial charge >= 0.3 is 0 Å². The number of nitriles is 1. The van der Waals surface area contributed by atoms with Crippen LogP contribution in [-0.4, -0.2) is 24.7 Å². The van der Waals surface area contributed by atoms with Crippen molar-refractivity contribution in [3.63, 3.8) is 0 Å². The van der Waals surface area contributed by atoms with E-state index >= 15 is 0 Å². The molecule has 6 nitrogen and oxygen atoms in total. The largest absolute Gasteiger partial charge is 0.346 e. The van der Waals surface area contributed by atoms with Crippen LogP contribution in [0.3, 0.4) is 0 Å². The molecule has 1 saturated carbocycles. The first-order valence-corrected chi connectivity index (χ1v) is 6.95. The number of rotatable bonds is 4. The van der Waals surface area contributed by atoms with Crippen molar-refractivity contribution in [2.75, 3.05) is 0 Å².